The number of aliphatic hydroxyl groups excluding tert-OH is 1. The number of carbonyl (C=O) groups excluding carboxylic acids is 2. The van der Waals surface area contributed by atoms with Crippen LogP contribution in [0.3, 0.4) is 0 Å². The van der Waals surface area contributed by atoms with Crippen LogP contribution >= 0.6 is 0 Å². The van der Waals surface area contributed by atoms with Crippen LogP contribution in [0.15, 0.2) is 0 Å². The van der Waals surface area contributed by atoms with E-state index in [1.807, 2.05) is 0 Å². The van der Waals surface area contributed by atoms with Crippen molar-refractivity contribution in [2.24, 2.45) is 5.92 Å². The van der Waals surface area contributed by atoms with Gasteiger partial charge in [0, 0.05) is 12.0 Å². The first kappa shape index (κ1) is 14.3. The molecule has 0 radical (unpaired) electrons. The van der Waals surface area contributed by atoms with Gasteiger partial charge in [0.1, 0.15) is 0 Å². The topological polar surface area (TPSA) is 78.4 Å². The lowest BCUT2D eigenvalue weighted by Crippen LogP contribution is -2.44. The minimum atomic E-state index is -0.213. The van der Waals surface area contributed by atoms with Crippen molar-refractivity contribution in [3.8, 4) is 0 Å². The molecule has 5 nitrogen and oxygen atoms in total. The van der Waals surface area contributed by atoms with Crippen molar-refractivity contribution in [2.45, 2.75) is 63.5 Å². The average molecular weight is 268 g/mol. The fraction of sp³-hybridized carbons (Fsp3) is 0.857. The van der Waals surface area contributed by atoms with Gasteiger partial charge in [-0.1, -0.05) is 12.8 Å². The molecule has 2 rings (SSSR count). The Balaban J connectivity index is 1.62. The lowest BCUT2D eigenvalue weighted by atomic mass is 9.93. The Hall–Kier alpha value is -1.10. The van der Waals surface area contributed by atoms with Gasteiger partial charge in [0.15, 0.2) is 0 Å². The van der Waals surface area contributed by atoms with Crippen LogP contribution < -0.4 is 10.6 Å². The van der Waals surface area contributed by atoms with Crippen molar-refractivity contribution in [2.75, 3.05) is 6.54 Å². The second-order valence-corrected chi connectivity index (χ2v) is 5.77. The molecule has 0 aromatic heterocycles. The number of nitrogens with one attached hydrogen (secondary N) is 2. The zero-order valence-electron chi connectivity index (χ0n) is 11.4. The molecule has 0 aliphatic heterocycles. The third-order valence-corrected chi connectivity index (χ3v) is 4.21. The minimum absolute atomic E-state index is 0.0201. The zero-order valence-corrected chi connectivity index (χ0v) is 11.4. The Kier molecular flexibility index (Phi) is 5.19. The maximum atomic E-state index is 11.8. The number of hydrogen-bond donors (Lipinski definition) is 3. The summed E-state index contributed by atoms with van der Waals surface area (Å²) in [6, 6.07) is 0.152. The highest BCUT2D eigenvalue weighted by Crippen LogP contribution is 2.24. The molecular formula is C14H24N2O3. The number of carbonyl (C=O) groups is 2. The van der Waals surface area contributed by atoms with Crippen LogP contribution in [-0.4, -0.2) is 35.6 Å². The molecule has 0 bridgehead atoms. The number of amides is 2. The first-order valence-corrected chi connectivity index (χ1v) is 7.40. The van der Waals surface area contributed by atoms with Gasteiger partial charge in [0.25, 0.3) is 0 Å². The molecule has 0 heterocycles. The van der Waals surface area contributed by atoms with E-state index in [1.165, 1.54) is 0 Å². The predicted octanol–water partition coefficient (Wildman–Crippen LogP) is 0.712. The molecule has 0 saturated heterocycles. The Morgan fingerprint density at radius 3 is 2.26 bits per heavy atom. The molecule has 0 atom stereocenters. The van der Waals surface area contributed by atoms with E-state index in [4.69, 9.17) is 0 Å². The normalized spacial score (nSPS) is 28.1. The molecule has 2 amide bonds. The van der Waals surface area contributed by atoms with Gasteiger partial charge < -0.3 is 15.7 Å². The quantitative estimate of drug-likeness (QED) is 0.702. The molecule has 0 unspecified atom stereocenters. The van der Waals surface area contributed by atoms with Crippen molar-refractivity contribution >= 4 is 11.8 Å². The van der Waals surface area contributed by atoms with E-state index in [-0.39, 0.29) is 36.4 Å². The minimum Gasteiger partial charge on any atom is -0.393 e. The van der Waals surface area contributed by atoms with Crippen LogP contribution in [0.25, 0.3) is 0 Å². The lowest BCUT2D eigenvalue weighted by molar-refractivity contribution is -0.128. The lowest BCUT2D eigenvalue weighted by Gasteiger charge is -2.26. The van der Waals surface area contributed by atoms with Crippen LogP contribution in [0.1, 0.15) is 51.4 Å². The third-order valence-electron chi connectivity index (χ3n) is 4.21. The summed E-state index contributed by atoms with van der Waals surface area (Å²) in [4.78, 5) is 23.5. The summed E-state index contributed by atoms with van der Waals surface area (Å²) in [5, 5.41) is 15.0. The SMILES string of the molecule is O=C(CNC(=O)C1CCCC1)NC1CCC(O)CC1. The predicted molar refractivity (Wildman–Crippen MR) is 71.4 cm³/mol. The summed E-state index contributed by atoms with van der Waals surface area (Å²) >= 11 is 0. The Labute approximate surface area is 114 Å². The summed E-state index contributed by atoms with van der Waals surface area (Å²) in [5.41, 5.74) is 0. The van der Waals surface area contributed by atoms with Gasteiger partial charge in [-0.3, -0.25) is 9.59 Å². The highest BCUT2D eigenvalue weighted by Gasteiger charge is 2.24. The van der Waals surface area contributed by atoms with E-state index in [9.17, 15) is 14.7 Å². The highest BCUT2D eigenvalue weighted by atomic mass is 16.3. The van der Waals surface area contributed by atoms with Crippen molar-refractivity contribution < 1.29 is 14.7 Å². The molecule has 2 saturated carbocycles. The van der Waals surface area contributed by atoms with Crippen LogP contribution in [0, 0.1) is 5.92 Å². The molecule has 0 spiro atoms. The zero-order chi connectivity index (χ0) is 13.7. The molecule has 19 heavy (non-hydrogen) atoms. The summed E-state index contributed by atoms with van der Waals surface area (Å²) < 4.78 is 0. The van der Waals surface area contributed by atoms with Gasteiger partial charge >= 0.3 is 0 Å². The van der Waals surface area contributed by atoms with Crippen molar-refractivity contribution in [1.29, 1.82) is 0 Å². The first-order valence-electron chi connectivity index (χ1n) is 7.40. The van der Waals surface area contributed by atoms with Crippen LogP contribution in [-0.2, 0) is 9.59 Å². The fourth-order valence-electron chi connectivity index (χ4n) is 3.00. The van der Waals surface area contributed by atoms with E-state index in [0.29, 0.717) is 0 Å². The maximum Gasteiger partial charge on any atom is 0.239 e. The molecule has 2 fully saturated rings. The molecule has 2 aliphatic carbocycles. The van der Waals surface area contributed by atoms with Crippen LogP contribution in [0.4, 0.5) is 0 Å². The van der Waals surface area contributed by atoms with Gasteiger partial charge in [-0.2, -0.15) is 0 Å². The molecular weight excluding hydrogens is 244 g/mol. The van der Waals surface area contributed by atoms with Gasteiger partial charge in [-0.05, 0) is 38.5 Å². The first-order chi connectivity index (χ1) is 9.15. The number of aliphatic hydroxyl groups is 1. The fourth-order valence-corrected chi connectivity index (χ4v) is 3.00. The smallest absolute Gasteiger partial charge is 0.239 e. The van der Waals surface area contributed by atoms with E-state index in [1.54, 1.807) is 0 Å². The monoisotopic (exact) mass is 268 g/mol. The molecule has 3 N–H and O–H groups in total. The maximum absolute atomic E-state index is 11.8. The Bertz CT molecular complexity index is 319. The van der Waals surface area contributed by atoms with Gasteiger partial charge in [0.05, 0.1) is 12.6 Å². The molecule has 5 heteroatoms. The highest BCUT2D eigenvalue weighted by molar-refractivity contribution is 5.86. The van der Waals surface area contributed by atoms with Crippen molar-refractivity contribution in [3.05, 3.63) is 0 Å². The summed E-state index contributed by atoms with van der Waals surface area (Å²) in [7, 11) is 0. The molecule has 0 aromatic carbocycles. The second-order valence-electron chi connectivity index (χ2n) is 5.77. The molecule has 108 valence electrons. The molecule has 2 aliphatic rings. The van der Waals surface area contributed by atoms with E-state index in [0.717, 1.165) is 51.4 Å². The van der Waals surface area contributed by atoms with Crippen LogP contribution in [0.5, 0.6) is 0 Å². The largest absolute Gasteiger partial charge is 0.393 e. The number of rotatable bonds is 4. The van der Waals surface area contributed by atoms with Gasteiger partial charge in [0.2, 0.25) is 11.8 Å². The third kappa shape index (κ3) is 4.49. The van der Waals surface area contributed by atoms with E-state index < -0.39 is 0 Å². The van der Waals surface area contributed by atoms with Gasteiger partial charge in [-0.25, -0.2) is 0 Å². The summed E-state index contributed by atoms with van der Waals surface area (Å²) in [6.45, 7) is 0.0778. The van der Waals surface area contributed by atoms with Crippen molar-refractivity contribution in [3.63, 3.8) is 0 Å². The second kappa shape index (κ2) is 6.89. The summed E-state index contributed by atoms with van der Waals surface area (Å²) in [5.74, 6) is 0.0112. The van der Waals surface area contributed by atoms with Crippen molar-refractivity contribution in [1.82, 2.24) is 10.6 Å². The number of hydrogen-bond acceptors (Lipinski definition) is 3. The van der Waals surface area contributed by atoms with Gasteiger partial charge in [-0.15, -0.1) is 0 Å². The van der Waals surface area contributed by atoms with E-state index in [2.05, 4.69) is 10.6 Å². The Morgan fingerprint density at radius 2 is 1.63 bits per heavy atom. The standard InChI is InChI=1S/C14H24N2O3/c17-12-7-5-11(6-8-12)16-13(18)9-15-14(19)10-3-1-2-4-10/h10-12,17H,1-9H2,(H,15,19)(H,16,18). The molecule has 0 aromatic rings. The van der Waals surface area contributed by atoms with Crippen LogP contribution in [0.2, 0.25) is 0 Å². The van der Waals surface area contributed by atoms with E-state index >= 15 is 0 Å². The average Bonchev–Trinajstić information content (AvgIpc) is 2.93. The summed E-state index contributed by atoms with van der Waals surface area (Å²) in [6.07, 6.45) is 7.08. The Morgan fingerprint density at radius 1 is 1.00 bits per heavy atom.